The number of unbranched alkanes of at least 4 members (excludes halogenated alkanes) is 1. The number of thiazole rings is 1. The van der Waals surface area contributed by atoms with Gasteiger partial charge in [-0.2, -0.15) is 13.2 Å². The topological polar surface area (TPSA) is 39.2 Å². The van der Waals surface area contributed by atoms with Crippen LogP contribution in [0.3, 0.4) is 0 Å². The molecule has 0 spiro atoms. The molecule has 1 aromatic rings. The van der Waals surface area contributed by atoms with Crippen molar-refractivity contribution in [2.75, 3.05) is 0 Å². The first-order chi connectivity index (χ1) is 8.75. The first-order valence-electron chi connectivity index (χ1n) is 5.65. The fourth-order valence-electron chi connectivity index (χ4n) is 1.35. The van der Waals surface area contributed by atoms with Gasteiger partial charge in [0.1, 0.15) is 4.88 Å². The van der Waals surface area contributed by atoms with E-state index in [2.05, 4.69) is 4.98 Å². The predicted octanol–water partition coefficient (Wildman–Crippen LogP) is 4.38. The summed E-state index contributed by atoms with van der Waals surface area (Å²) in [5, 5.41) is 0.152. The summed E-state index contributed by atoms with van der Waals surface area (Å²) in [7, 11) is 0. The number of halogens is 4. The Morgan fingerprint density at radius 3 is 2.68 bits per heavy atom. The molecule has 0 amide bonds. The Kier molecular flexibility index (Phi) is 5.61. The van der Waals surface area contributed by atoms with E-state index in [-0.39, 0.29) is 5.01 Å². The zero-order valence-electron chi connectivity index (χ0n) is 10.4. The van der Waals surface area contributed by atoms with Crippen LogP contribution >= 0.6 is 22.9 Å². The molecule has 1 rings (SSSR count). The molecule has 19 heavy (non-hydrogen) atoms. The van der Waals surface area contributed by atoms with Crippen LogP contribution in [0.4, 0.5) is 13.2 Å². The van der Waals surface area contributed by atoms with Crippen LogP contribution in [0.2, 0.25) is 0 Å². The lowest BCUT2D eigenvalue weighted by atomic mass is 10.3. The maximum Gasteiger partial charge on any atom is 0.435 e. The third-order valence-corrected chi connectivity index (χ3v) is 3.47. The van der Waals surface area contributed by atoms with Gasteiger partial charge in [0.15, 0.2) is 11.3 Å². The van der Waals surface area contributed by atoms with E-state index in [1.54, 1.807) is 0 Å². The lowest BCUT2D eigenvalue weighted by molar-refractivity contribution is -0.141. The van der Waals surface area contributed by atoms with Gasteiger partial charge in [-0.3, -0.25) is 0 Å². The molecule has 0 aliphatic carbocycles. The van der Waals surface area contributed by atoms with Crippen LogP contribution in [0.25, 0.3) is 0 Å². The lowest BCUT2D eigenvalue weighted by Gasteiger charge is -2.11. The SMILES string of the molecule is CCCCC(Cl)OC(=O)c1sc(C)nc1C(F)(F)F. The zero-order valence-corrected chi connectivity index (χ0v) is 12.0. The van der Waals surface area contributed by atoms with Gasteiger partial charge in [-0.25, -0.2) is 9.78 Å². The molecular formula is C11H13ClF3NO2S. The van der Waals surface area contributed by atoms with Gasteiger partial charge in [0.05, 0.1) is 5.01 Å². The molecule has 0 aromatic carbocycles. The summed E-state index contributed by atoms with van der Waals surface area (Å²) in [6.07, 6.45) is -2.68. The number of carbonyl (C=O) groups excluding carboxylic acids is 1. The quantitative estimate of drug-likeness (QED) is 0.598. The number of nitrogens with zero attached hydrogens (tertiary/aromatic N) is 1. The van der Waals surface area contributed by atoms with E-state index in [1.807, 2.05) is 6.92 Å². The number of aromatic nitrogens is 1. The molecule has 0 N–H and O–H groups in total. The van der Waals surface area contributed by atoms with Crippen molar-refractivity contribution in [1.82, 2.24) is 4.98 Å². The Labute approximate surface area is 117 Å². The van der Waals surface area contributed by atoms with Crippen molar-refractivity contribution in [1.29, 1.82) is 0 Å². The van der Waals surface area contributed by atoms with Gasteiger partial charge in [-0.15, -0.1) is 11.3 Å². The van der Waals surface area contributed by atoms with Crippen LogP contribution in [0, 0.1) is 6.92 Å². The molecule has 0 radical (unpaired) electrons. The molecule has 0 aliphatic rings. The Morgan fingerprint density at radius 1 is 1.53 bits per heavy atom. The third-order valence-electron chi connectivity index (χ3n) is 2.21. The van der Waals surface area contributed by atoms with Gasteiger partial charge in [-0.05, 0) is 19.8 Å². The van der Waals surface area contributed by atoms with E-state index < -0.39 is 28.3 Å². The smallest absolute Gasteiger partial charge is 0.435 e. The highest BCUT2D eigenvalue weighted by Gasteiger charge is 2.40. The van der Waals surface area contributed by atoms with Crippen LogP contribution in [0.1, 0.15) is 46.6 Å². The Balaban J connectivity index is 2.82. The van der Waals surface area contributed by atoms with Crippen molar-refractivity contribution >= 4 is 28.9 Å². The van der Waals surface area contributed by atoms with Crippen molar-refractivity contribution in [2.24, 2.45) is 0 Å². The van der Waals surface area contributed by atoms with Gasteiger partial charge in [-0.1, -0.05) is 24.9 Å². The molecule has 1 heterocycles. The second-order valence-electron chi connectivity index (χ2n) is 3.87. The summed E-state index contributed by atoms with van der Waals surface area (Å²) in [5.74, 6) is -1.07. The Bertz CT molecular complexity index is 448. The minimum Gasteiger partial charge on any atom is -0.442 e. The first-order valence-corrected chi connectivity index (χ1v) is 6.90. The zero-order chi connectivity index (χ0) is 14.6. The largest absolute Gasteiger partial charge is 0.442 e. The number of hydrogen-bond acceptors (Lipinski definition) is 4. The molecule has 0 aliphatic heterocycles. The highest BCUT2D eigenvalue weighted by atomic mass is 35.5. The Hall–Kier alpha value is -0.820. The van der Waals surface area contributed by atoms with E-state index in [0.29, 0.717) is 17.8 Å². The summed E-state index contributed by atoms with van der Waals surface area (Å²) < 4.78 is 42.8. The van der Waals surface area contributed by atoms with Crippen molar-refractivity contribution in [3.05, 3.63) is 15.6 Å². The second kappa shape index (κ2) is 6.56. The lowest BCUT2D eigenvalue weighted by Crippen LogP contribution is -2.17. The maximum atomic E-state index is 12.7. The number of carbonyl (C=O) groups is 1. The predicted molar refractivity (Wildman–Crippen MR) is 66.4 cm³/mol. The fourth-order valence-corrected chi connectivity index (χ4v) is 2.41. The molecule has 8 heteroatoms. The van der Waals surface area contributed by atoms with Crippen LogP contribution in [0.5, 0.6) is 0 Å². The number of hydrogen-bond donors (Lipinski definition) is 0. The third kappa shape index (κ3) is 4.65. The highest BCUT2D eigenvalue weighted by Crippen LogP contribution is 2.34. The van der Waals surface area contributed by atoms with Crippen LogP contribution in [-0.4, -0.2) is 16.5 Å². The minimum atomic E-state index is -4.68. The van der Waals surface area contributed by atoms with Crippen molar-refractivity contribution < 1.29 is 22.7 Å². The number of esters is 1. The van der Waals surface area contributed by atoms with E-state index in [0.717, 1.165) is 12.8 Å². The van der Waals surface area contributed by atoms with Gasteiger partial charge < -0.3 is 4.74 Å². The summed E-state index contributed by atoms with van der Waals surface area (Å²) in [6.45, 7) is 3.33. The molecule has 0 bridgehead atoms. The molecule has 1 aromatic heterocycles. The van der Waals surface area contributed by atoms with E-state index in [4.69, 9.17) is 16.3 Å². The van der Waals surface area contributed by atoms with Gasteiger partial charge in [0.2, 0.25) is 0 Å². The average Bonchev–Trinajstić information content (AvgIpc) is 2.68. The average molecular weight is 316 g/mol. The van der Waals surface area contributed by atoms with E-state index in [1.165, 1.54) is 6.92 Å². The van der Waals surface area contributed by atoms with Crippen molar-refractivity contribution in [2.45, 2.75) is 44.8 Å². The van der Waals surface area contributed by atoms with Crippen molar-refractivity contribution in [3.63, 3.8) is 0 Å². The molecular weight excluding hydrogens is 303 g/mol. The minimum absolute atomic E-state index is 0.152. The molecule has 3 nitrogen and oxygen atoms in total. The van der Waals surface area contributed by atoms with Crippen LogP contribution in [-0.2, 0) is 10.9 Å². The van der Waals surface area contributed by atoms with Crippen LogP contribution < -0.4 is 0 Å². The number of alkyl halides is 4. The van der Waals surface area contributed by atoms with Crippen molar-refractivity contribution in [3.8, 4) is 0 Å². The standard InChI is InChI=1S/C11H13ClF3NO2S/c1-3-4-5-7(12)18-10(17)8-9(11(13,14)15)16-6(2)19-8/h7H,3-5H2,1-2H3. The molecule has 0 saturated heterocycles. The van der Waals surface area contributed by atoms with Gasteiger partial charge in [0.25, 0.3) is 0 Å². The summed E-state index contributed by atoms with van der Waals surface area (Å²) in [6, 6.07) is 0. The van der Waals surface area contributed by atoms with Crippen LogP contribution in [0.15, 0.2) is 0 Å². The first kappa shape index (κ1) is 16.2. The summed E-state index contributed by atoms with van der Waals surface area (Å²) in [5.41, 5.74) is -2.13. The number of rotatable bonds is 5. The second-order valence-corrected chi connectivity index (χ2v) is 5.56. The van der Waals surface area contributed by atoms with E-state index >= 15 is 0 Å². The Morgan fingerprint density at radius 2 is 2.16 bits per heavy atom. The summed E-state index contributed by atoms with van der Waals surface area (Å²) >= 11 is 6.39. The number of aryl methyl sites for hydroxylation is 1. The molecule has 1 atom stereocenters. The molecule has 0 saturated carbocycles. The summed E-state index contributed by atoms with van der Waals surface area (Å²) in [4.78, 5) is 14.4. The monoisotopic (exact) mass is 315 g/mol. The molecule has 0 fully saturated rings. The molecule has 1 unspecified atom stereocenters. The molecule has 108 valence electrons. The van der Waals surface area contributed by atoms with E-state index in [9.17, 15) is 18.0 Å². The normalized spacial score (nSPS) is 13.4. The van der Waals surface area contributed by atoms with Gasteiger partial charge in [0, 0.05) is 0 Å². The number of ether oxygens (including phenoxy) is 1. The highest BCUT2D eigenvalue weighted by molar-refractivity contribution is 7.13. The van der Waals surface area contributed by atoms with Gasteiger partial charge >= 0.3 is 12.1 Å². The maximum absolute atomic E-state index is 12.7. The fraction of sp³-hybridized carbons (Fsp3) is 0.636.